The largest absolute Gasteiger partial charge is 0.339 e. The second-order valence-corrected chi connectivity index (χ2v) is 6.85. The third kappa shape index (κ3) is 7.74. The smallest absolute Gasteiger partial charge is 0.222 e. The van der Waals surface area contributed by atoms with Gasteiger partial charge in [-0.15, -0.1) is 12.4 Å². The van der Waals surface area contributed by atoms with Crippen molar-refractivity contribution in [2.45, 2.75) is 70.3 Å². The van der Waals surface area contributed by atoms with Gasteiger partial charge < -0.3 is 10.6 Å². The molecule has 0 aromatic heterocycles. The lowest BCUT2D eigenvalue weighted by atomic mass is 10.1. The van der Waals surface area contributed by atoms with Gasteiger partial charge in [-0.05, 0) is 56.3 Å². The first-order valence-electron chi connectivity index (χ1n) is 9.44. The Kier molecular flexibility index (Phi) is 10.7. The van der Waals surface area contributed by atoms with E-state index >= 15 is 0 Å². The average Bonchev–Trinajstić information content (AvgIpc) is 3.11. The zero-order valence-corrected chi connectivity index (χ0v) is 15.9. The molecule has 1 aromatic carbocycles. The lowest BCUT2D eigenvalue weighted by Crippen LogP contribution is -2.40. The first-order chi connectivity index (χ1) is 11.7. The van der Waals surface area contributed by atoms with Crippen molar-refractivity contribution in [3.05, 3.63) is 35.6 Å². The highest BCUT2D eigenvalue weighted by Crippen LogP contribution is 2.25. The molecule has 2 rings (SSSR count). The summed E-state index contributed by atoms with van der Waals surface area (Å²) in [4.78, 5) is 14.8. The van der Waals surface area contributed by atoms with Crippen LogP contribution in [0.4, 0.5) is 4.39 Å². The molecule has 0 radical (unpaired) electrons. The van der Waals surface area contributed by atoms with Crippen molar-refractivity contribution in [3.63, 3.8) is 0 Å². The van der Waals surface area contributed by atoms with E-state index in [9.17, 15) is 9.18 Å². The molecular weight excluding hydrogens is 339 g/mol. The number of unbranched alkanes of at least 4 members (excludes halogenated alkanes) is 3. The van der Waals surface area contributed by atoms with Crippen molar-refractivity contribution in [1.29, 1.82) is 0 Å². The van der Waals surface area contributed by atoms with Gasteiger partial charge in [-0.25, -0.2) is 4.39 Å². The predicted octanol–water partition coefficient (Wildman–Crippen LogP) is 4.47. The third-order valence-electron chi connectivity index (χ3n) is 4.99. The average molecular weight is 371 g/mol. The van der Waals surface area contributed by atoms with Crippen molar-refractivity contribution < 1.29 is 9.18 Å². The maximum atomic E-state index is 13.0. The van der Waals surface area contributed by atoms with E-state index in [1.165, 1.54) is 25.0 Å². The van der Waals surface area contributed by atoms with Crippen LogP contribution in [0.1, 0.15) is 63.4 Å². The molecule has 1 fully saturated rings. The number of carbonyl (C=O) groups excluding carboxylic acids is 1. The summed E-state index contributed by atoms with van der Waals surface area (Å²) in [5.41, 5.74) is 6.60. The highest BCUT2D eigenvalue weighted by molar-refractivity contribution is 5.85. The normalized spacial score (nSPS) is 14.3. The first-order valence-corrected chi connectivity index (χ1v) is 9.44. The molecule has 2 N–H and O–H groups in total. The number of amides is 1. The van der Waals surface area contributed by atoms with Crippen LogP contribution in [0.5, 0.6) is 0 Å². The van der Waals surface area contributed by atoms with E-state index in [0.717, 1.165) is 63.6 Å². The molecule has 1 aromatic rings. The van der Waals surface area contributed by atoms with Crippen molar-refractivity contribution in [2.24, 2.45) is 5.73 Å². The summed E-state index contributed by atoms with van der Waals surface area (Å²) >= 11 is 0. The Balaban J connectivity index is 0.00000312. The molecule has 1 aliphatic rings. The molecule has 0 aliphatic heterocycles. The molecule has 1 aliphatic carbocycles. The van der Waals surface area contributed by atoms with Crippen LogP contribution in [0.15, 0.2) is 24.3 Å². The predicted molar refractivity (Wildman–Crippen MR) is 103 cm³/mol. The molecule has 0 unspecified atom stereocenters. The van der Waals surface area contributed by atoms with Gasteiger partial charge in [-0.1, -0.05) is 37.8 Å². The highest BCUT2D eigenvalue weighted by Gasteiger charge is 2.25. The van der Waals surface area contributed by atoms with Gasteiger partial charge in [0.2, 0.25) is 5.91 Å². The minimum atomic E-state index is -0.208. The number of hydrogen-bond acceptors (Lipinski definition) is 2. The van der Waals surface area contributed by atoms with Gasteiger partial charge in [0.15, 0.2) is 0 Å². The summed E-state index contributed by atoms with van der Waals surface area (Å²) in [6.07, 6.45) is 10.3. The zero-order valence-electron chi connectivity index (χ0n) is 15.1. The van der Waals surface area contributed by atoms with Crippen molar-refractivity contribution in [1.82, 2.24) is 4.90 Å². The third-order valence-corrected chi connectivity index (χ3v) is 4.99. The quantitative estimate of drug-likeness (QED) is 0.617. The number of rotatable bonds is 10. The van der Waals surface area contributed by atoms with Gasteiger partial charge >= 0.3 is 0 Å². The summed E-state index contributed by atoms with van der Waals surface area (Å²) < 4.78 is 13.0. The maximum Gasteiger partial charge on any atom is 0.222 e. The molecule has 5 heteroatoms. The Bertz CT molecular complexity index is 489. The molecule has 3 nitrogen and oxygen atoms in total. The fourth-order valence-corrected chi connectivity index (χ4v) is 3.55. The van der Waals surface area contributed by atoms with Crippen LogP contribution in [-0.2, 0) is 11.2 Å². The Morgan fingerprint density at radius 1 is 1.08 bits per heavy atom. The number of nitrogens with zero attached hydrogens (tertiary/aromatic N) is 1. The summed E-state index contributed by atoms with van der Waals surface area (Å²) in [5.74, 6) is 0.0803. The fraction of sp³-hybridized carbons (Fsp3) is 0.650. The van der Waals surface area contributed by atoms with Gasteiger partial charge in [0.1, 0.15) is 5.82 Å². The molecule has 0 spiro atoms. The van der Waals surface area contributed by atoms with E-state index in [-0.39, 0.29) is 24.1 Å². The van der Waals surface area contributed by atoms with E-state index in [1.54, 1.807) is 0 Å². The number of hydrogen-bond donors (Lipinski definition) is 1. The van der Waals surface area contributed by atoms with Crippen LogP contribution >= 0.6 is 12.4 Å². The van der Waals surface area contributed by atoms with E-state index in [1.807, 2.05) is 12.1 Å². The first kappa shape index (κ1) is 21.9. The second-order valence-electron chi connectivity index (χ2n) is 6.85. The van der Waals surface area contributed by atoms with Gasteiger partial charge in [0.05, 0.1) is 0 Å². The Labute approximate surface area is 157 Å². The number of nitrogens with two attached hydrogens (primary N) is 1. The lowest BCUT2D eigenvalue weighted by molar-refractivity contribution is -0.133. The minimum Gasteiger partial charge on any atom is -0.339 e. The van der Waals surface area contributed by atoms with Crippen LogP contribution in [-0.4, -0.2) is 29.9 Å². The van der Waals surface area contributed by atoms with E-state index in [0.29, 0.717) is 12.5 Å². The van der Waals surface area contributed by atoms with Crippen LogP contribution in [0.2, 0.25) is 0 Å². The van der Waals surface area contributed by atoms with Crippen LogP contribution in [0.25, 0.3) is 0 Å². The molecular formula is C20H32ClFN2O. The highest BCUT2D eigenvalue weighted by atomic mass is 35.5. The zero-order chi connectivity index (χ0) is 17.2. The molecule has 142 valence electrons. The summed E-state index contributed by atoms with van der Waals surface area (Å²) in [6.45, 7) is 1.48. The van der Waals surface area contributed by atoms with E-state index in [2.05, 4.69) is 4.90 Å². The molecule has 0 atom stereocenters. The molecule has 0 bridgehead atoms. The van der Waals surface area contributed by atoms with E-state index < -0.39 is 0 Å². The Morgan fingerprint density at radius 2 is 1.72 bits per heavy atom. The van der Waals surface area contributed by atoms with Crippen LogP contribution in [0, 0.1) is 5.82 Å². The van der Waals surface area contributed by atoms with Gasteiger partial charge in [0.25, 0.3) is 0 Å². The topological polar surface area (TPSA) is 46.3 Å². The molecule has 25 heavy (non-hydrogen) atoms. The minimum absolute atomic E-state index is 0. The van der Waals surface area contributed by atoms with Crippen LogP contribution < -0.4 is 5.73 Å². The maximum absolute atomic E-state index is 13.0. The van der Waals surface area contributed by atoms with Gasteiger partial charge in [-0.2, -0.15) is 0 Å². The molecule has 1 saturated carbocycles. The van der Waals surface area contributed by atoms with Crippen LogP contribution in [0.3, 0.4) is 0 Å². The van der Waals surface area contributed by atoms with E-state index in [4.69, 9.17) is 5.73 Å². The fourth-order valence-electron chi connectivity index (χ4n) is 3.55. The van der Waals surface area contributed by atoms with Gasteiger partial charge in [0, 0.05) is 19.0 Å². The lowest BCUT2D eigenvalue weighted by Gasteiger charge is -2.29. The summed E-state index contributed by atoms with van der Waals surface area (Å²) in [7, 11) is 0. The second kappa shape index (κ2) is 12.3. The standard InChI is InChI=1S/C20H31FN2O.ClH/c21-18-12-10-17(11-13-18)14-16-23(19-7-4-5-8-19)20(24)9-3-1-2-6-15-22;/h10-13,19H,1-9,14-16,22H2;1H. The Morgan fingerprint density at radius 3 is 2.36 bits per heavy atom. The number of halogens is 2. The SMILES string of the molecule is Cl.NCCCCCCC(=O)N(CCc1ccc(F)cc1)C1CCCC1. The summed E-state index contributed by atoms with van der Waals surface area (Å²) in [5, 5.41) is 0. The number of benzene rings is 1. The van der Waals surface area contributed by atoms with Crippen molar-refractivity contribution in [3.8, 4) is 0 Å². The van der Waals surface area contributed by atoms with Crippen molar-refractivity contribution >= 4 is 18.3 Å². The Hall–Kier alpha value is -1.13. The summed E-state index contributed by atoms with van der Waals surface area (Å²) in [6, 6.07) is 7.03. The molecule has 0 saturated heterocycles. The molecule has 1 amide bonds. The monoisotopic (exact) mass is 370 g/mol. The molecule has 0 heterocycles. The van der Waals surface area contributed by atoms with Gasteiger partial charge in [-0.3, -0.25) is 4.79 Å². The number of carbonyl (C=O) groups is 1. The van der Waals surface area contributed by atoms with Crippen molar-refractivity contribution in [2.75, 3.05) is 13.1 Å².